The third-order valence-corrected chi connectivity index (χ3v) is 6.00. The minimum Gasteiger partial charge on any atom is -0.347 e. The van der Waals surface area contributed by atoms with Crippen LogP contribution in [-0.4, -0.2) is 26.6 Å². The summed E-state index contributed by atoms with van der Waals surface area (Å²) in [6.45, 7) is 7.78. The maximum atomic E-state index is 13.1. The second kappa shape index (κ2) is 9.24. The predicted molar refractivity (Wildman–Crippen MR) is 115 cm³/mol. The maximum Gasteiger partial charge on any atom is 0.244 e. The molecule has 28 heavy (non-hydrogen) atoms. The molecule has 2 rings (SSSR count). The molecule has 2 atom stereocenters. The zero-order valence-corrected chi connectivity index (χ0v) is 18.1. The lowest BCUT2D eigenvalue weighted by Gasteiger charge is -2.31. The number of anilines is 1. The molecule has 152 valence electrons. The van der Waals surface area contributed by atoms with Gasteiger partial charge in [0.1, 0.15) is 6.04 Å². The minimum atomic E-state index is -3.63. The van der Waals surface area contributed by atoms with Crippen LogP contribution in [-0.2, 0) is 14.8 Å². The fourth-order valence-electron chi connectivity index (χ4n) is 3.24. The smallest absolute Gasteiger partial charge is 0.244 e. The lowest BCUT2D eigenvalue weighted by Crippen LogP contribution is -2.50. The first-order chi connectivity index (χ1) is 13.2. The highest BCUT2D eigenvalue weighted by Gasteiger charge is 2.32. The molecule has 0 radical (unpaired) electrons. The molecule has 2 aromatic carbocycles. The molecular weight excluding hydrogens is 372 g/mol. The van der Waals surface area contributed by atoms with Gasteiger partial charge < -0.3 is 5.32 Å². The van der Waals surface area contributed by atoms with E-state index in [0.29, 0.717) is 18.5 Å². The second-order valence-corrected chi connectivity index (χ2v) is 9.06. The predicted octanol–water partition coefficient (Wildman–Crippen LogP) is 4.12. The Balaban J connectivity index is 2.32. The lowest BCUT2D eigenvalue weighted by atomic mass is 10.0. The molecule has 0 aliphatic heterocycles. The van der Waals surface area contributed by atoms with Crippen LogP contribution >= 0.6 is 0 Å². The van der Waals surface area contributed by atoms with Crippen LogP contribution in [0.5, 0.6) is 0 Å². The van der Waals surface area contributed by atoms with Gasteiger partial charge in [-0.05, 0) is 44.4 Å². The largest absolute Gasteiger partial charge is 0.347 e. The number of hydrogen-bond donors (Lipinski definition) is 1. The Morgan fingerprint density at radius 3 is 1.86 bits per heavy atom. The van der Waals surface area contributed by atoms with Gasteiger partial charge in [0.05, 0.1) is 18.0 Å². The van der Waals surface area contributed by atoms with E-state index in [-0.39, 0.29) is 11.9 Å². The molecule has 0 aliphatic carbocycles. The Hall–Kier alpha value is -2.34. The molecule has 5 nitrogen and oxygen atoms in total. The second-order valence-electron chi connectivity index (χ2n) is 7.20. The quantitative estimate of drug-likeness (QED) is 0.722. The number of nitrogens with zero attached hydrogens (tertiary/aromatic N) is 1. The highest BCUT2D eigenvalue weighted by molar-refractivity contribution is 7.92. The van der Waals surface area contributed by atoms with Crippen LogP contribution in [0.3, 0.4) is 0 Å². The summed E-state index contributed by atoms with van der Waals surface area (Å²) in [5, 5.41) is 3.04. The van der Waals surface area contributed by atoms with Crippen molar-refractivity contribution in [1.82, 2.24) is 5.32 Å². The molecule has 0 saturated carbocycles. The van der Waals surface area contributed by atoms with Crippen LogP contribution in [0.1, 0.15) is 49.4 Å². The third kappa shape index (κ3) is 5.35. The van der Waals surface area contributed by atoms with Crippen molar-refractivity contribution >= 4 is 21.6 Å². The Morgan fingerprint density at radius 2 is 1.43 bits per heavy atom. The van der Waals surface area contributed by atoms with Gasteiger partial charge in [-0.15, -0.1) is 0 Å². The summed E-state index contributed by atoms with van der Waals surface area (Å²) in [4.78, 5) is 13.1. The van der Waals surface area contributed by atoms with Gasteiger partial charge in [0.2, 0.25) is 15.9 Å². The normalized spacial score (nSPS) is 13.6. The Morgan fingerprint density at radius 1 is 0.929 bits per heavy atom. The number of benzene rings is 2. The number of nitrogens with one attached hydrogen (secondary N) is 1. The first kappa shape index (κ1) is 22.0. The summed E-state index contributed by atoms with van der Waals surface area (Å²) < 4.78 is 26.3. The molecular formula is C22H30N2O3S. The highest BCUT2D eigenvalue weighted by Crippen LogP contribution is 2.24. The molecule has 0 saturated heterocycles. The van der Waals surface area contributed by atoms with Gasteiger partial charge in [-0.1, -0.05) is 61.4 Å². The van der Waals surface area contributed by atoms with Crippen molar-refractivity contribution < 1.29 is 13.2 Å². The number of carbonyl (C=O) groups excluding carboxylic acids is 1. The van der Waals surface area contributed by atoms with Gasteiger partial charge >= 0.3 is 0 Å². The molecule has 0 bridgehead atoms. The van der Waals surface area contributed by atoms with Gasteiger partial charge in [-0.25, -0.2) is 8.42 Å². The van der Waals surface area contributed by atoms with Gasteiger partial charge in [-0.2, -0.15) is 0 Å². The van der Waals surface area contributed by atoms with Crippen LogP contribution in [0.25, 0.3) is 0 Å². The van der Waals surface area contributed by atoms with E-state index in [1.54, 1.807) is 12.1 Å². The summed E-state index contributed by atoms with van der Waals surface area (Å²) in [5.74, 6) is -0.291. The zero-order valence-electron chi connectivity index (χ0n) is 17.3. The van der Waals surface area contributed by atoms with Crippen molar-refractivity contribution in [3.8, 4) is 0 Å². The van der Waals surface area contributed by atoms with Crippen LogP contribution in [0.15, 0.2) is 48.5 Å². The van der Waals surface area contributed by atoms with Crippen molar-refractivity contribution in [3.63, 3.8) is 0 Å². The number of rotatable bonds is 8. The van der Waals surface area contributed by atoms with Gasteiger partial charge in [0.15, 0.2) is 0 Å². The van der Waals surface area contributed by atoms with Crippen LogP contribution in [0.2, 0.25) is 0 Å². The lowest BCUT2D eigenvalue weighted by molar-refractivity contribution is -0.123. The van der Waals surface area contributed by atoms with E-state index >= 15 is 0 Å². The van der Waals surface area contributed by atoms with Crippen LogP contribution in [0.4, 0.5) is 5.69 Å². The standard InChI is InChI=1S/C22H30N2O3S/c1-6-20(18-12-8-16(3)9-13-18)23-22(25)21(7-2)24(28(5,26)27)19-14-10-17(4)11-15-19/h8-15,20-21H,6-7H2,1-5H3,(H,23,25)/t20-,21+/m1/s1. The Bertz CT molecular complexity index is 890. The number of sulfonamides is 1. The average molecular weight is 403 g/mol. The summed E-state index contributed by atoms with van der Waals surface area (Å²) in [6.07, 6.45) is 2.23. The van der Waals surface area contributed by atoms with E-state index in [1.807, 2.05) is 64.1 Å². The summed E-state index contributed by atoms with van der Waals surface area (Å²) >= 11 is 0. The SMILES string of the molecule is CC[C@@H](NC(=O)[C@H](CC)N(c1ccc(C)cc1)S(C)(=O)=O)c1ccc(C)cc1. The molecule has 0 aromatic heterocycles. The van der Waals surface area contributed by atoms with Crippen molar-refractivity contribution in [2.45, 2.75) is 52.6 Å². The topological polar surface area (TPSA) is 66.5 Å². The van der Waals surface area contributed by atoms with E-state index in [0.717, 1.165) is 22.9 Å². The van der Waals surface area contributed by atoms with E-state index in [9.17, 15) is 13.2 Å². The summed E-state index contributed by atoms with van der Waals surface area (Å²) in [5.41, 5.74) is 3.69. The van der Waals surface area contributed by atoms with E-state index in [1.165, 1.54) is 4.31 Å². The Kier molecular flexibility index (Phi) is 7.24. The number of aryl methyl sites for hydroxylation is 2. The van der Waals surface area contributed by atoms with Gasteiger partial charge in [0.25, 0.3) is 0 Å². The van der Waals surface area contributed by atoms with Crippen molar-refractivity contribution in [2.24, 2.45) is 0 Å². The Labute approximate surface area is 168 Å². The molecule has 0 unspecified atom stereocenters. The summed E-state index contributed by atoms with van der Waals surface area (Å²) in [6, 6.07) is 14.2. The van der Waals surface area contributed by atoms with E-state index in [2.05, 4.69) is 5.32 Å². The van der Waals surface area contributed by atoms with E-state index < -0.39 is 16.1 Å². The van der Waals surface area contributed by atoms with Crippen LogP contribution in [0, 0.1) is 13.8 Å². The van der Waals surface area contributed by atoms with Crippen molar-refractivity contribution in [3.05, 3.63) is 65.2 Å². The molecule has 1 amide bonds. The maximum absolute atomic E-state index is 13.1. The van der Waals surface area contributed by atoms with Gasteiger partial charge in [-0.3, -0.25) is 9.10 Å². The number of hydrogen-bond acceptors (Lipinski definition) is 3. The van der Waals surface area contributed by atoms with Crippen molar-refractivity contribution in [2.75, 3.05) is 10.6 Å². The molecule has 0 spiro atoms. The first-order valence-electron chi connectivity index (χ1n) is 9.60. The highest BCUT2D eigenvalue weighted by atomic mass is 32.2. The number of amides is 1. The number of carbonyl (C=O) groups is 1. The zero-order chi connectivity index (χ0) is 20.9. The summed E-state index contributed by atoms with van der Waals surface area (Å²) in [7, 11) is -3.63. The van der Waals surface area contributed by atoms with E-state index in [4.69, 9.17) is 0 Å². The molecule has 2 aromatic rings. The third-order valence-electron chi connectivity index (χ3n) is 4.82. The van der Waals surface area contributed by atoms with Gasteiger partial charge in [0, 0.05) is 0 Å². The first-order valence-corrected chi connectivity index (χ1v) is 11.4. The van der Waals surface area contributed by atoms with Crippen LogP contribution < -0.4 is 9.62 Å². The fourth-order valence-corrected chi connectivity index (χ4v) is 4.45. The molecule has 0 heterocycles. The monoisotopic (exact) mass is 402 g/mol. The molecule has 6 heteroatoms. The minimum absolute atomic E-state index is 0.165. The average Bonchev–Trinajstić information content (AvgIpc) is 2.64. The van der Waals surface area contributed by atoms with Crippen molar-refractivity contribution in [1.29, 1.82) is 0 Å². The molecule has 1 N–H and O–H groups in total. The fraction of sp³-hybridized carbons (Fsp3) is 0.409. The molecule has 0 fully saturated rings. The molecule has 0 aliphatic rings.